The molecule has 2 aromatic heterocycles. The van der Waals surface area contributed by atoms with Crippen LogP contribution in [0.25, 0.3) is 83.9 Å². The van der Waals surface area contributed by atoms with Crippen molar-refractivity contribution in [1.29, 1.82) is 0 Å². The number of fused-ring (bicyclic) bond motifs is 1. The number of aromatic nitrogens is 3. The van der Waals surface area contributed by atoms with Gasteiger partial charge < -0.3 is 5.11 Å². The second-order valence-electron chi connectivity index (χ2n) is 13.8. The lowest BCUT2D eigenvalue weighted by molar-refractivity contribution is 0.477. The van der Waals surface area contributed by atoms with Crippen LogP contribution in [0.3, 0.4) is 0 Å². The first-order chi connectivity index (χ1) is 36.0. The number of hydrogen-bond donors (Lipinski definition) is 1. The number of rotatable bonds is 7. The van der Waals surface area contributed by atoms with E-state index < -0.39 is 75.0 Å². The number of para-hydroxylation sites is 2. The molecule has 0 saturated carbocycles. The molecule has 0 unspecified atom stereocenters. The van der Waals surface area contributed by atoms with Crippen LogP contribution in [-0.4, -0.2) is 19.6 Å². The number of nitrogens with zero attached hydrogens (tertiary/aromatic N) is 3. The molecule has 9 rings (SSSR count). The Hall–Kier alpha value is -7.04. The average Bonchev–Trinajstić information content (AvgIpc) is 3.75. The fourth-order valence-electron chi connectivity index (χ4n) is 7.15. The van der Waals surface area contributed by atoms with Crippen LogP contribution in [0.15, 0.2) is 176 Å². The molecule has 0 fully saturated rings. The van der Waals surface area contributed by atoms with Crippen molar-refractivity contribution >= 4 is 11.0 Å². The minimum atomic E-state index is -3.85. The molecular weight excluding hydrogens is 707 g/mol. The molecule has 0 atom stereocenters. The van der Waals surface area contributed by atoms with Crippen LogP contribution in [0.1, 0.15) is 63.3 Å². The number of phenols is 1. The third-order valence-electron chi connectivity index (χ3n) is 9.99. The van der Waals surface area contributed by atoms with E-state index in [1.165, 1.54) is 30.5 Å². The summed E-state index contributed by atoms with van der Waals surface area (Å²) in [5, 5.41) is 11.4. The zero-order valence-electron chi connectivity index (χ0n) is 49.7. The summed E-state index contributed by atoms with van der Waals surface area (Å²) in [6, 6.07) is 37.0. The van der Waals surface area contributed by atoms with E-state index in [1.807, 2.05) is 48.5 Å². The van der Waals surface area contributed by atoms with Crippen molar-refractivity contribution < 1.29 is 31.2 Å². The normalized spacial score (nSPS) is 17.5. The lowest BCUT2D eigenvalue weighted by atomic mass is 9.86. The first kappa shape index (κ1) is 20.9. The number of pyridine rings is 1. The van der Waals surface area contributed by atoms with Gasteiger partial charge in [0.05, 0.1) is 27.8 Å². The van der Waals surface area contributed by atoms with Gasteiger partial charge in [-0.05, 0) is 135 Å². The second kappa shape index (κ2) is 14.8. The fourth-order valence-corrected chi connectivity index (χ4v) is 7.15. The van der Waals surface area contributed by atoms with E-state index in [0.717, 1.165) is 5.56 Å². The van der Waals surface area contributed by atoms with Gasteiger partial charge in [0.1, 0.15) is 11.6 Å². The SMILES string of the molecule is [2H]c1c([2H])c(C(C([2H])([2H])[2H])(C([2H])([2H])[2H])C([2H])([2H])[2H])c([2H])c([2H])c1-c1ccnc(-c2cc(-c3ccccc3)cc(-c3cccc4c3nc(-c3ccccc3O)n4-c3cc(-c4ccccc4)c(C([2H])([2H])[2H])c(C([2H])([2H])[2H])c3)c2)c1. The quantitative estimate of drug-likeness (QED) is 0.176. The van der Waals surface area contributed by atoms with Crippen LogP contribution in [-0.2, 0) is 5.41 Å². The summed E-state index contributed by atoms with van der Waals surface area (Å²) >= 11 is 0. The number of aromatic hydroxyl groups is 1. The van der Waals surface area contributed by atoms with Gasteiger partial charge in [-0.25, -0.2) is 4.98 Å². The summed E-state index contributed by atoms with van der Waals surface area (Å²) in [7, 11) is 0. The molecule has 58 heavy (non-hydrogen) atoms. The molecule has 0 aliphatic rings. The van der Waals surface area contributed by atoms with E-state index in [4.69, 9.17) is 31.0 Å². The summed E-state index contributed by atoms with van der Waals surface area (Å²) in [6.45, 7) is -17.3. The van der Waals surface area contributed by atoms with E-state index in [1.54, 1.807) is 77.4 Å². The molecule has 0 amide bonds. The monoisotopic (exact) mass is 770 g/mol. The first-order valence-electron chi connectivity index (χ1n) is 27.8. The molecule has 7 aromatic carbocycles. The lowest BCUT2D eigenvalue weighted by Crippen LogP contribution is -2.10. The van der Waals surface area contributed by atoms with Crippen LogP contribution in [0, 0.1) is 13.7 Å². The Labute approximate surface area is 367 Å². The van der Waals surface area contributed by atoms with E-state index in [0.29, 0.717) is 38.9 Å². The smallest absolute Gasteiger partial charge is 0.149 e. The van der Waals surface area contributed by atoms with E-state index in [9.17, 15) is 5.11 Å². The van der Waals surface area contributed by atoms with Crippen molar-refractivity contribution in [2.24, 2.45) is 0 Å². The minimum Gasteiger partial charge on any atom is -0.507 e. The van der Waals surface area contributed by atoms with Gasteiger partial charge in [-0.3, -0.25) is 9.55 Å². The standard InChI is InChI=1S/C54H45N3O/c1-35-29-45(34-48(36(35)2)39-17-10-7-11-18-39)57-50-21-14-20-46(52(50)56-53(57)47-19-12-13-22-51(47)58)42-30-41(37-15-8-6-9-16-37)31-43(32-42)49-33-40(27-28-55-49)38-23-25-44(26-24-38)54(3,4)5/h6-34,58H,1-5H3/i1D3,2D3,3D3,4D3,5D3,23D,24D,25D,26D. The molecule has 0 bridgehead atoms. The first-order valence-corrected chi connectivity index (χ1v) is 18.3. The predicted octanol–water partition coefficient (Wildman–Crippen LogP) is 14.0. The van der Waals surface area contributed by atoms with Gasteiger partial charge in [0, 0.05) is 43.6 Å². The lowest BCUT2D eigenvalue weighted by Gasteiger charge is -2.19. The Bertz CT molecular complexity index is 3680. The summed E-state index contributed by atoms with van der Waals surface area (Å²) in [5.74, 6) is 0.0437. The molecule has 0 radical (unpaired) electrons. The van der Waals surface area contributed by atoms with Crippen molar-refractivity contribution in [1.82, 2.24) is 14.5 Å². The molecule has 1 N–H and O–H groups in total. The van der Waals surface area contributed by atoms with Crippen LogP contribution in [0.2, 0.25) is 0 Å². The Morgan fingerprint density at radius 2 is 1.28 bits per heavy atom. The van der Waals surface area contributed by atoms with Crippen LogP contribution >= 0.6 is 0 Å². The highest BCUT2D eigenvalue weighted by molar-refractivity contribution is 5.98. The topological polar surface area (TPSA) is 50.9 Å². The van der Waals surface area contributed by atoms with Gasteiger partial charge in [-0.2, -0.15) is 0 Å². The fraction of sp³-hybridized carbons (Fsp3) is 0.111. The highest BCUT2D eigenvalue weighted by atomic mass is 16.3. The largest absolute Gasteiger partial charge is 0.507 e. The van der Waals surface area contributed by atoms with E-state index in [2.05, 4.69) is 4.98 Å². The van der Waals surface area contributed by atoms with E-state index in [-0.39, 0.29) is 50.8 Å². The Morgan fingerprint density at radius 3 is 2.02 bits per heavy atom. The molecule has 0 saturated heterocycles. The molecule has 0 aliphatic carbocycles. The summed E-state index contributed by atoms with van der Waals surface area (Å²) in [4.78, 5) is 9.82. The second-order valence-corrected chi connectivity index (χ2v) is 13.8. The number of phenolic OH excluding ortho intramolecular Hbond substituents is 1. The predicted molar refractivity (Wildman–Crippen MR) is 241 cm³/mol. The van der Waals surface area contributed by atoms with Crippen LogP contribution < -0.4 is 0 Å². The molecular formula is C54H45N3O. The van der Waals surface area contributed by atoms with Crippen molar-refractivity contribution in [3.8, 4) is 78.6 Å². The summed E-state index contributed by atoms with van der Waals surface area (Å²) < 4.78 is 163. The van der Waals surface area contributed by atoms with Crippen LogP contribution in [0.4, 0.5) is 0 Å². The van der Waals surface area contributed by atoms with Crippen molar-refractivity contribution in [3.63, 3.8) is 0 Å². The van der Waals surface area contributed by atoms with E-state index >= 15 is 0 Å². The van der Waals surface area contributed by atoms with Gasteiger partial charge in [0.2, 0.25) is 0 Å². The van der Waals surface area contributed by atoms with Crippen molar-refractivity contribution in [2.75, 3.05) is 0 Å². The van der Waals surface area contributed by atoms with Gasteiger partial charge in [0.25, 0.3) is 0 Å². The van der Waals surface area contributed by atoms with Gasteiger partial charge in [-0.1, -0.05) is 130 Å². The summed E-state index contributed by atoms with van der Waals surface area (Å²) in [5.41, 5.74) is -0.917. The maximum Gasteiger partial charge on any atom is 0.149 e. The van der Waals surface area contributed by atoms with Crippen molar-refractivity contribution in [3.05, 3.63) is 193 Å². The zero-order valence-corrected chi connectivity index (χ0v) is 30.7. The minimum absolute atomic E-state index is 0.0522. The molecule has 9 aromatic rings. The molecule has 4 heteroatoms. The number of hydrogen-bond acceptors (Lipinski definition) is 3. The van der Waals surface area contributed by atoms with Gasteiger partial charge in [-0.15, -0.1) is 0 Å². The Morgan fingerprint density at radius 1 is 0.569 bits per heavy atom. The highest BCUT2D eigenvalue weighted by Crippen LogP contribution is 2.41. The molecule has 4 nitrogen and oxygen atoms in total. The Balaban J connectivity index is 1.29. The Kier molecular flexibility index (Phi) is 5.34. The number of aryl methyl sites for hydroxylation is 1. The number of benzene rings is 7. The molecule has 282 valence electrons. The highest BCUT2D eigenvalue weighted by Gasteiger charge is 2.22. The zero-order chi connectivity index (χ0) is 55.9. The molecule has 0 aliphatic heterocycles. The third-order valence-corrected chi connectivity index (χ3v) is 9.99. The maximum absolute atomic E-state index is 11.4. The van der Waals surface area contributed by atoms with Crippen molar-refractivity contribution in [2.45, 2.75) is 39.7 Å². The maximum atomic E-state index is 11.4. The van der Waals surface area contributed by atoms with Gasteiger partial charge in [0.15, 0.2) is 0 Å². The van der Waals surface area contributed by atoms with Crippen LogP contribution in [0.5, 0.6) is 5.75 Å². The van der Waals surface area contributed by atoms with Gasteiger partial charge >= 0.3 is 0 Å². The third kappa shape index (κ3) is 6.88. The average molecular weight is 771 g/mol. The molecule has 0 spiro atoms. The summed E-state index contributed by atoms with van der Waals surface area (Å²) in [6.07, 6.45) is 1.35. The molecule has 2 heterocycles. The number of imidazole rings is 1.